The van der Waals surface area contributed by atoms with Crippen LogP contribution in [0.1, 0.15) is 5.56 Å². The van der Waals surface area contributed by atoms with Crippen LogP contribution in [-0.4, -0.2) is 24.7 Å². The average molecular weight is 240 g/mol. The van der Waals surface area contributed by atoms with Gasteiger partial charge in [-0.15, -0.1) is 0 Å². The van der Waals surface area contributed by atoms with Gasteiger partial charge in [0.15, 0.2) is 0 Å². The van der Waals surface area contributed by atoms with Crippen molar-refractivity contribution < 1.29 is 69.5 Å². The molecule has 1 aromatic carbocycles. The predicted molar refractivity (Wildman–Crippen MR) is 45.2 cm³/mol. The first-order valence-corrected chi connectivity index (χ1v) is 5.10. The quantitative estimate of drug-likeness (QED) is 0.455. The zero-order chi connectivity index (χ0) is 9.90. The van der Waals surface area contributed by atoms with E-state index in [0.717, 1.165) is 0 Å². The molecule has 0 spiro atoms. The maximum absolute atomic E-state index is 10.6. The summed E-state index contributed by atoms with van der Waals surface area (Å²) in [6, 6.07) is 5.66. The first-order valence-electron chi connectivity index (χ1n) is 3.70. The third-order valence-corrected chi connectivity index (χ3v) is 2.42. The molecule has 0 radical (unpaired) electrons. The van der Waals surface area contributed by atoms with Crippen molar-refractivity contribution in [3.05, 3.63) is 29.8 Å². The van der Waals surface area contributed by atoms with E-state index in [1.807, 2.05) is 0 Å². The Kier molecular flexibility index (Phi) is 6.67. The summed E-state index contributed by atoms with van der Waals surface area (Å²) in [5.41, 5.74) is 0.638. The molecular formula is C8H9KO4S. The van der Waals surface area contributed by atoms with Crippen LogP contribution in [0.15, 0.2) is 29.2 Å². The van der Waals surface area contributed by atoms with Crippen molar-refractivity contribution in [1.29, 1.82) is 0 Å². The summed E-state index contributed by atoms with van der Waals surface area (Å²) in [6.07, 6.45) is 0.351. The van der Waals surface area contributed by atoms with Gasteiger partial charge in [0.1, 0.15) is 10.1 Å². The van der Waals surface area contributed by atoms with Crippen LogP contribution in [0.3, 0.4) is 0 Å². The van der Waals surface area contributed by atoms with E-state index in [2.05, 4.69) is 0 Å². The second-order valence-electron chi connectivity index (χ2n) is 2.58. The van der Waals surface area contributed by atoms with Gasteiger partial charge in [0, 0.05) is 6.61 Å². The number of hydrogen-bond acceptors (Lipinski definition) is 4. The van der Waals surface area contributed by atoms with Crippen LogP contribution in [0.5, 0.6) is 0 Å². The molecule has 14 heavy (non-hydrogen) atoms. The van der Waals surface area contributed by atoms with Crippen molar-refractivity contribution in [2.75, 3.05) is 6.61 Å². The van der Waals surface area contributed by atoms with Crippen LogP contribution in [0.2, 0.25) is 0 Å². The molecular weight excluding hydrogens is 231 g/mol. The van der Waals surface area contributed by atoms with Gasteiger partial charge < -0.3 is 9.66 Å². The Morgan fingerprint density at radius 2 is 2.00 bits per heavy atom. The minimum absolute atomic E-state index is 0. The molecule has 0 saturated carbocycles. The van der Waals surface area contributed by atoms with Crippen LogP contribution in [0, 0.1) is 0 Å². The van der Waals surface area contributed by atoms with E-state index in [-0.39, 0.29) is 62.9 Å². The van der Waals surface area contributed by atoms with Crippen molar-refractivity contribution in [2.45, 2.75) is 11.3 Å². The van der Waals surface area contributed by atoms with Crippen molar-refractivity contribution in [3.63, 3.8) is 0 Å². The SMILES string of the molecule is O=S(=O)([O-])c1cccc(CCO)c1.[K+]. The fourth-order valence-electron chi connectivity index (χ4n) is 0.986. The Labute approximate surface area is 126 Å². The van der Waals surface area contributed by atoms with Crippen LogP contribution in [0.25, 0.3) is 0 Å². The van der Waals surface area contributed by atoms with Gasteiger partial charge in [-0.1, -0.05) is 12.1 Å². The number of benzene rings is 1. The van der Waals surface area contributed by atoms with Crippen LogP contribution in [0.4, 0.5) is 0 Å². The third-order valence-electron chi connectivity index (χ3n) is 1.59. The van der Waals surface area contributed by atoms with E-state index >= 15 is 0 Å². The second kappa shape index (κ2) is 6.34. The number of aliphatic hydroxyl groups is 1. The molecule has 0 unspecified atom stereocenters. The van der Waals surface area contributed by atoms with E-state index in [4.69, 9.17) is 5.11 Å². The Morgan fingerprint density at radius 1 is 1.36 bits per heavy atom. The van der Waals surface area contributed by atoms with Crippen molar-refractivity contribution >= 4 is 10.1 Å². The van der Waals surface area contributed by atoms with Crippen molar-refractivity contribution in [1.82, 2.24) is 0 Å². The molecule has 1 N–H and O–H groups in total. The molecule has 0 aliphatic carbocycles. The molecule has 0 bridgehead atoms. The van der Waals surface area contributed by atoms with Gasteiger partial charge >= 0.3 is 51.4 Å². The minimum Gasteiger partial charge on any atom is -0.744 e. The van der Waals surface area contributed by atoms with Gasteiger partial charge in [0.05, 0.1) is 4.90 Å². The first-order chi connectivity index (χ1) is 6.04. The zero-order valence-corrected chi connectivity index (χ0v) is 11.7. The number of rotatable bonds is 3. The van der Waals surface area contributed by atoms with E-state index in [0.29, 0.717) is 12.0 Å². The molecule has 1 rings (SSSR count). The fourth-order valence-corrected chi connectivity index (χ4v) is 1.53. The minimum atomic E-state index is -4.38. The van der Waals surface area contributed by atoms with Crippen molar-refractivity contribution in [3.8, 4) is 0 Å². The molecule has 0 atom stereocenters. The maximum atomic E-state index is 10.6. The van der Waals surface area contributed by atoms with E-state index in [9.17, 15) is 13.0 Å². The summed E-state index contributed by atoms with van der Waals surface area (Å²) in [6.45, 7) is -0.0671. The Morgan fingerprint density at radius 3 is 2.50 bits per heavy atom. The topological polar surface area (TPSA) is 77.4 Å². The standard InChI is InChI=1S/C8H10O4S.K/c9-5-4-7-2-1-3-8(6-7)13(10,11)12;/h1-3,6,9H,4-5H2,(H,10,11,12);/q;+1/p-1. The molecule has 72 valence electrons. The van der Waals surface area contributed by atoms with Gasteiger partial charge in [-0.3, -0.25) is 0 Å². The fraction of sp³-hybridized carbons (Fsp3) is 0.250. The molecule has 1 aromatic rings. The predicted octanol–water partition coefficient (Wildman–Crippen LogP) is -2.87. The monoisotopic (exact) mass is 240 g/mol. The molecule has 0 heterocycles. The van der Waals surface area contributed by atoms with Crippen LogP contribution >= 0.6 is 0 Å². The summed E-state index contributed by atoms with van der Waals surface area (Å²) in [7, 11) is -4.38. The first kappa shape index (κ1) is 14.7. The third kappa shape index (κ3) is 4.50. The normalized spacial score (nSPS) is 10.7. The molecule has 0 aromatic heterocycles. The molecule has 0 aliphatic heterocycles. The number of aliphatic hydroxyl groups excluding tert-OH is 1. The molecule has 0 saturated heterocycles. The smallest absolute Gasteiger partial charge is 0.744 e. The molecule has 0 amide bonds. The molecule has 0 fully saturated rings. The van der Waals surface area contributed by atoms with Crippen LogP contribution < -0.4 is 51.4 Å². The summed E-state index contributed by atoms with van der Waals surface area (Å²) in [4.78, 5) is -0.251. The molecule has 0 aliphatic rings. The van der Waals surface area contributed by atoms with Crippen molar-refractivity contribution in [2.24, 2.45) is 0 Å². The largest absolute Gasteiger partial charge is 1.00 e. The maximum Gasteiger partial charge on any atom is 1.00 e. The summed E-state index contributed by atoms with van der Waals surface area (Å²) in [5.74, 6) is 0. The van der Waals surface area contributed by atoms with E-state index < -0.39 is 10.1 Å². The summed E-state index contributed by atoms with van der Waals surface area (Å²) >= 11 is 0. The number of hydrogen-bond donors (Lipinski definition) is 1. The Balaban J connectivity index is 0.00000169. The second-order valence-corrected chi connectivity index (χ2v) is 3.95. The van der Waals surface area contributed by atoms with Gasteiger partial charge in [-0.2, -0.15) is 0 Å². The average Bonchev–Trinajstić information content (AvgIpc) is 2.04. The van der Waals surface area contributed by atoms with Gasteiger partial charge in [-0.25, -0.2) is 8.42 Å². The Hall–Kier alpha value is 0.726. The van der Waals surface area contributed by atoms with Gasteiger partial charge in [0.25, 0.3) is 0 Å². The molecule has 6 heteroatoms. The van der Waals surface area contributed by atoms with Crippen LogP contribution in [-0.2, 0) is 16.5 Å². The summed E-state index contributed by atoms with van der Waals surface area (Å²) < 4.78 is 31.7. The Bertz CT molecular complexity index is 388. The summed E-state index contributed by atoms with van der Waals surface area (Å²) in [5, 5.41) is 8.59. The van der Waals surface area contributed by atoms with E-state index in [1.54, 1.807) is 6.07 Å². The van der Waals surface area contributed by atoms with Gasteiger partial charge in [-0.05, 0) is 24.1 Å². The van der Waals surface area contributed by atoms with E-state index in [1.165, 1.54) is 18.2 Å². The zero-order valence-electron chi connectivity index (χ0n) is 7.80. The molecule has 4 nitrogen and oxygen atoms in total. The van der Waals surface area contributed by atoms with Gasteiger partial charge in [0.2, 0.25) is 0 Å².